The second-order valence-electron chi connectivity index (χ2n) is 2.34. The van der Waals surface area contributed by atoms with Crippen LogP contribution in [-0.2, 0) is 10.2 Å². The van der Waals surface area contributed by atoms with E-state index < -0.39 is 12.2 Å². The van der Waals surface area contributed by atoms with E-state index in [4.69, 9.17) is 0 Å². The van der Waals surface area contributed by atoms with Gasteiger partial charge in [-0.25, -0.2) is 10.2 Å². The van der Waals surface area contributed by atoms with Crippen molar-refractivity contribution in [2.24, 2.45) is 0 Å². The molecule has 0 aromatic rings. The molecule has 0 aromatic carbocycles. The fraction of sp³-hybridized carbons (Fsp3) is 1.00. The van der Waals surface area contributed by atoms with E-state index >= 15 is 0 Å². The molecule has 2 nitrogen and oxygen atoms in total. The van der Waals surface area contributed by atoms with Crippen LogP contribution in [0.15, 0.2) is 0 Å². The van der Waals surface area contributed by atoms with E-state index in [0.29, 0.717) is 6.42 Å². The van der Waals surface area contributed by atoms with Crippen molar-refractivity contribution < 1.29 is 10.2 Å². The summed E-state index contributed by atoms with van der Waals surface area (Å²) in [7, 11) is 0. The van der Waals surface area contributed by atoms with Crippen molar-refractivity contribution in [3.05, 3.63) is 0 Å². The van der Waals surface area contributed by atoms with Crippen LogP contribution >= 0.6 is 0 Å². The average molecular weight is 116 g/mol. The Labute approximate surface area is 50.2 Å². The SMILES string of the molecule is CCCC(C)([O])C[O]. The van der Waals surface area contributed by atoms with Gasteiger partial charge in [0.05, 0.1) is 0 Å². The Hall–Kier alpha value is -0.0800. The third-order valence-corrected chi connectivity index (χ3v) is 1.08. The number of rotatable bonds is 3. The second-order valence-corrected chi connectivity index (χ2v) is 2.34. The van der Waals surface area contributed by atoms with Crippen LogP contribution in [0, 0.1) is 0 Å². The monoisotopic (exact) mass is 116 g/mol. The van der Waals surface area contributed by atoms with E-state index in [-0.39, 0.29) is 0 Å². The lowest BCUT2D eigenvalue weighted by Crippen LogP contribution is -2.25. The molecule has 1 atom stereocenters. The maximum Gasteiger partial charge on any atom is 0.127 e. The Balaban J connectivity index is 3.37. The molecule has 8 heavy (non-hydrogen) atoms. The molecule has 0 fully saturated rings. The van der Waals surface area contributed by atoms with Gasteiger partial charge < -0.3 is 0 Å². The van der Waals surface area contributed by atoms with Crippen LogP contribution in [0.4, 0.5) is 0 Å². The first-order valence-corrected chi connectivity index (χ1v) is 2.91. The van der Waals surface area contributed by atoms with Crippen LogP contribution in [0.3, 0.4) is 0 Å². The molecule has 0 saturated carbocycles. The molecular weight excluding hydrogens is 104 g/mol. The maximum atomic E-state index is 10.8. The Kier molecular flexibility index (Phi) is 3.02. The molecule has 48 valence electrons. The first kappa shape index (κ1) is 7.92. The van der Waals surface area contributed by atoms with Gasteiger partial charge in [0.15, 0.2) is 0 Å². The van der Waals surface area contributed by atoms with Crippen molar-refractivity contribution in [1.29, 1.82) is 0 Å². The standard InChI is InChI=1S/C6H12O2/c1-3-4-6(2,8)5-7/h3-5H2,1-2H3. The van der Waals surface area contributed by atoms with E-state index in [1.54, 1.807) is 0 Å². The highest BCUT2D eigenvalue weighted by Crippen LogP contribution is 2.10. The number of hydrogen-bond donors (Lipinski definition) is 0. The Morgan fingerprint density at radius 1 is 1.50 bits per heavy atom. The summed E-state index contributed by atoms with van der Waals surface area (Å²) in [5.74, 6) is 0. The highest BCUT2D eigenvalue weighted by Gasteiger charge is 2.20. The summed E-state index contributed by atoms with van der Waals surface area (Å²) < 4.78 is 0. The summed E-state index contributed by atoms with van der Waals surface area (Å²) in [5, 5.41) is 20.8. The van der Waals surface area contributed by atoms with Gasteiger partial charge in [-0.05, 0) is 13.3 Å². The van der Waals surface area contributed by atoms with Crippen molar-refractivity contribution >= 4 is 0 Å². The predicted molar refractivity (Wildman–Crippen MR) is 29.6 cm³/mol. The minimum absolute atomic E-state index is 0.497. The normalized spacial score (nSPS) is 18.0. The summed E-state index contributed by atoms with van der Waals surface area (Å²) in [4.78, 5) is 0. The Morgan fingerprint density at radius 3 is 2.12 bits per heavy atom. The van der Waals surface area contributed by atoms with Gasteiger partial charge in [-0.15, -0.1) is 0 Å². The minimum atomic E-state index is -1.21. The smallest absolute Gasteiger partial charge is 0.127 e. The van der Waals surface area contributed by atoms with Gasteiger partial charge in [-0.3, -0.25) is 0 Å². The summed E-state index contributed by atoms with van der Waals surface area (Å²) in [6.07, 6.45) is 1.30. The zero-order valence-corrected chi connectivity index (χ0v) is 5.44. The molecule has 0 spiro atoms. The lowest BCUT2D eigenvalue weighted by atomic mass is 10.0. The van der Waals surface area contributed by atoms with Gasteiger partial charge in [0.1, 0.15) is 12.2 Å². The zero-order chi connectivity index (χ0) is 6.62. The van der Waals surface area contributed by atoms with Gasteiger partial charge in [-0.2, -0.15) is 0 Å². The van der Waals surface area contributed by atoms with Crippen molar-refractivity contribution in [1.82, 2.24) is 0 Å². The van der Waals surface area contributed by atoms with E-state index in [9.17, 15) is 10.2 Å². The second kappa shape index (κ2) is 3.05. The third kappa shape index (κ3) is 2.99. The van der Waals surface area contributed by atoms with E-state index in [0.717, 1.165) is 6.42 Å². The molecule has 0 rings (SSSR count). The van der Waals surface area contributed by atoms with Gasteiger partial charge in [0.2, 0.25) is 0 Å². The zero-order valence-electron chi connectivity index (χ0n) is 5.44. The lowest BCUT2D eigenvalue weighted by Gasteiger charge is -2.13. The van der Waals surface area contributed by atoms with Crippen LogP contribution < -0.4 is 0 Å². The predicted octanol–water partition coefficient (Wildman–Crippen LogP) is 1.41. The maximum absolute atomic E-state index is 10.8. The largest absolute Gasteiger partial charge is 0.233 e. The fourth-order valence-electron chi connectivity index (χ4n) is 0.601. The molecule has 0 saturated heterocycles. The van der Waals surface area contributed by atoms with E-state index in [1.807, 2.05) is 6.92 Å². The van der Waals surface area contributed by atoms with Gasteiger partial charge in [0, 0.05) is 0 Å². The van der Waals surface area contributed by atoms with Crippen molar-refractivity contribution in [3.8, 4) is 0 Å². The topological polar surface area (TPSA) is 39.8 Å². The van der Waals surface area contributed by atoms with Crippen LogP contribution in [-0.4, -0.2) is 12.2 Å². The summed E-state index contributed by atoms with van der Waals surface area (Å²) >= 11 is 0. The Bertz CT molecular complexity index is 59.5. The van der Waals surface area contributed by atoms with Crippen LogP contribution in [0.1, 0.15) is 26.7 Å². The third-order valence-electron chi connectivity index (χ3n) is 1.08. The van der Waals surface area contributed by atoms with Crippen LogP contribution in [0.5, 0.6) is 0 Å². The molecule has 2 heteroatoms. The van der Waals surface area contributed by atoms with Crippen LogP contribution in [0.2, 0.25) is 0 Å². The molecule has 1 unspecified atom stereocenters. The first-order chi connectivity index (χ1) is 3.62. The molecule has 0 bridgehead atoms. The van der Waals surface area contributed by atoms with Crippen molar-refractivity contribution in [2.45, 2.75) is 32.3 Å². The average Bonchev–Trinajstić information content (AvgIpc) is 1.67. The molecular formula is C6H12O2. The van der Waals surface area contributed by atoms with Gasteiger partial charge in [0.25, 0.3) is 0 Å². The van der Waals surface area contributed by atoms with E-state index in [2.05, 4.69) is 0 Å². The Morgan fingerprint density at radius 2 is 2.00 bits per heavy atom. The van der Waals surface area contributed by atoms with E-state index in [1.165, 1.54) is 6.92 Å². The molecule has 0 amide bonds. The minimum Gasteiger partial charge on any atom is -0.233 e. The lowest BCUT2D eigenvalue weighted by molar-refractivity contribution is -0.0804. The van der Waals surface area contributed by atoms with Crippen molar-refractivity contribution in [3.63, 3.8) is 0 Å². The van der Waals surface area contributed by atoms with Gasteiger partial charge >= 0.3 is 0 Å². The molecule has 0 aliphatic heterocycles. The molecule has 0 N–H and O–H groups in total. The fourth-order valence-corrected chi connectivity index (χ4v) is 0.601. The molecule has 0 aliphatic carbocycles. The highest BCUT2D eigenvalue weighted by molar-refractivity contribution is 4.68. The molecule has 2 radical (unpaired) electrons. The molecule has 0 aromatic heterocycles. The quantitative estimate of drug-likeness (QED) is 0.535. The summed E-state index contributed by atoms with van der Waals surface area (Å²) in [5.41, 5.74) is -1.21. The summed E-state index contributed by atoms with van der Waals surface area (Å²) in [6.45, 7) is 2.87. The highest BCUT2D eigenvalue weighted by atomic mass is 16.3. The van der Waals surface area contributed by atoms with Crippen LogP contribution in [0.25, 0.3) is 0 Å². The molecule has 0 aliphatic rings. The summed E-state index contributed by atoms with van der Waals surface area (Å²) in [6, 6.07) is 0. The molecule has 0 heterocycles. The number of hydrogen-bond acceptors (Lipinski definition) is 0. The van der Waals surface area contributed by atoms with Gasteiger partial charge in [-0.1, -0.05) is 13.3 Å². The first-order valence-electron chi connectivity index (χ1n) is 2.91. The van der Waals surface area contributed by atoms with Crippen molar-refractivity contribution in [2.75, 3.05) is 6.61 Å².